The lowest BCUT2D eigenvalue weighted by Gasteiger charge is -2.20. The Balaban J connectivity index is 1.54. The normalized spacial score (nSPS) is 15.5. The Kier molecular flexibility index (Phi) is 6.53. The van der Waals surface area contributed by atoms with Gasteiger partial charge in [-0.1, -0.05) is 0 Å². The smallest absolute Gasteiger partial charge is 0.277 e. The highest BCUT2D eigenvalue weighted by molar-refractivity contribution is 5.64. The molecule has 8 heteroatoms. The second kappa shape index (κ2) is 9.52. The van der Waals surface area contributed by atoms with Gasteiger partial charge in [-0.2, -0.15) is 0 Å². The Morgan fingerprint density at radius 2 is 2.00 bits per heavy atom. The minimum absolute atomic E-state index is 0.0809. The molecule has 0 radical (unpaired) electrons. The van der Waals surface area contributed by atoms with Crippen LogP contribution in [0, 0.1) is 13.8 Å². The number of aryl methyl sites for hydroxylation is 2. The molecule has 1 unspecified atom stereocenters. The largest absolute Gasteiger partial charge is 0.497 e. The summed E-state index contributed by atoms with van der Waals surface area (Å²) in [5, 5.41) is 3.45. The number of ether oxygens (including phenoxy) is 2. The van der Waals surface area contributed by atoms with E-state index < -0.39 is 0 Å². The van der Waals surface area contributed by atoms with Crippen LogP contribution in [0.15, 0.2) is 41.3 Å². The third-order valence-electron chi connectivity index (χ3n) is 6.03. The van der Waals surface area contributed by atoms with Gasteiger partial charge in [0, 0.05) is 44.0 Å². The summed E-state index contributed by atoms with van der Waals surface area (Å²) in [4.78, 5) is 24.8. The van der Waals surface area contributed by atoms with Crippen LogP contribution in [0.5, 0.6) is 11.5 Å². The van der Waals surface area contributed by atoms with Gasteiger partial charge in [-0.05, 0) is 57.0 Å². The van der Waals surface area contributed by atoms with E-state index in [-0.39, 0.29) is 11.6 Å². The Morgan fingerprint density at radius 1 is 1.18 bits per heavy atom. The van der Waals surface area contributed by atoms with Gasteiger partial charge in [-0.15, -0.1) is 0 Å². The van der Waals surface area contributed by atoms with Crippen LogP contribution in [-0.2, 0) is 7.05 Å². The van der Waals surface area contributed by atoms with Crippen molar-refractivity contribution >= 4 is 11.5 Å². The van der Waals surface area contributed by atoms with Crippen molar-refractivity contribution in [1.82, 2.24) is 14.5 Å². The molecule has 1 N–H and O–H groups in total. The van der Waals surface area contributed by atoms with Crippen molar-refractivity contribution in [3.8, 4) is 22.9 Å². The number of nitrogens with one attached hydrogen (secondary N) is 1. The molecule has 2 aromatic heterocycles. The molecule has 1 fully saturated rings. The molecular weight excluding hydrogens is 418 g/mol. The number of nitrogens with zero attached hydrogens (tertiary/aromatic N) is 4. The monoisotopic (exact) mass is 449 g/mol. The van der Waals surface area contributed by atoms with Crippen molar-refractivity contribution in [3.05, 3.63) is 58.1 Å². The Bertz CT molecular complexity index is 1210. The van der Waals surface area contributed by atoms with Gasteiger partial charge in [-0.3, -0.25) is 9.36 Å². The van der Waals surface area contributed by atoms with Gasteiger partial charge in [0.2, 0.25) is 0 Å². The van der Waals surface area contributed by atoms with Crippen LogP contribution in [0.25, 0.3) is 11.4 Å². The van der Waals surface area contributed by atoms with Gasteiger partial charge < -0.3 is 19.7 Å². The fourth-order valence-electron chi connectivity index (χ4n) is 4.25. The maximum Gasteiger partial charge on any atom is 0.277 e. The maximum atomic E-state index is 13.3. The molecule has 1 atom stereocenters. The molecule has 1 aliphatic heterocycles. The highest BCUT2D eigenvalue weighted by Crippen LogP contribution is 2.27. The Hall–Kier alpha value is -3.55. The first-order valence-corrected chi connectivity index (χ1v) is 11.2. The van der Waals surface area contributed by atoms with E-state index in [4.69, 9.17) is 14.5 Å². The van der Waals surface area contributed by atoms with E-state index in [1.54, 1.807) is 24.9 Å². The molecule has 0 bridgehead atoms. The van der Waals surface area contributed by atoms with Crippen molar-refractivity contribution in [1.29, 1.82) is 0 Å². The first kappa shape index (κ1) is 22.6. The standard InChI is InChI=1S/C25H31N5O3/c1-6-33-20-9-11-26-22(14-20)30-12-10-18(15-30)28-23-17(3)27-24(29(4)25(23)31)21-8-7-19(32-5)13-16(21)2/h7-9,11,13-14,18,28H,6,10,12,15H2,1-5H3. The first-order valence-electron chi connectivity index (χ1n) is 11.2. The fourth-order valence-corrected chi connectivity index (χ4v) is 4.25. The number of benzene rings is 1. The topological polar surface area (TPSA) is 81.5 Å². The number of methoxy groups -OCH3 is 1. The molecule has 3 aromatic rings. The minimum Gasteiger partial charge on any atom is -0.497 e. The third-order valence-corrected chi connectivity index (χ3v) is 6.03. The molecule has 1 aliphatic rings. The molecule has 1 saturated heterocycles. The lowest BCUT2D eigenvalue weighted by Crippen LogP contribution is -2.32. The quantitative estimate of drug-likeness (QED) is 0.591. The Labute approximate surface area is 194 Å². The fraction of sp³-hybridized carbons (Fsp3) is 0.400. The summed E-state index contributed by atoms with van der Waals surface area (Å²) in [7, 11) is 3.41. The molecule has 0 saturated carbocycles. The lowest BCUT2D eigenvalue weighted by molar-refractivity contribution is 0.340. The second-order valence-electron chi connectivity index (χ2n) is 8.30. The number of hydrogen-bond donors (Lipinski definition) is 1. The molecule has 0 spiro atoms. The zero-order chi connectivity index (χ0) is 23.5. The summed E-state index contributed by atoms with van der Waals surface area (Å²) < 4.78 is 12.5. The van der Waals surface area contributed by atoms with Crippen LogP contribution in [-0.4, -0.2) is 47.4 Å². The highest BCUT2D eigenvalue weighted by atomic mass is 16.5. The zero-order valence-electron chi connectivity index (χ0n) is 19.9. The Morgan fingerprint density at radius 3 is 2.73 bits per heavy atom. The minimum atomic E-state index is -0.0809. The van der Waals surface area contributed by atoms with E-state index in [1.807, 2.05) is 51.1 Å². The van der Waals surface area contributed by atoms with Gasteiger partial charge in [0.05, 0.1) is 19.4 Å². The van der Waals surface area contributed by atoms with Crippen molar-refractivity contribution < 1.29 is 9.47 Å². The van der Waals surface area contributed by atoms with Crippen LogP contribution in [0.4, 0.5) is 11.5 Å². The van der Waals surface area contributed by atoms with Crippen LogP contribution in [0.2, 0.25) is 0 Å². The van der Waals surface area contributed by atoms with E-state index in [2.05, 4.69) is 15.2 Å². The van der Waals surface area contributed by atoms with E-state index in [1.165, 1.54) is 0 Å². The van der Waals surface area contributed by atoms with Gasteiger partial charge >= 0.3 is 0 Å². The summed E-state index contributed by atoms with van der Waals surface area (Å²) in [6.07, 6.45) is 2.67. The van der Waals surface area contributed by atoms with E-state index in [9.17, 15) is 4.79 Å². The molecule has 3 heterocycles. The summed E-state index contributed by atoms with van der Waals surface area (Å²) in [5.74, 6) is 3.13. The van der Waals surface area contributed by atoms with Gasteiger partial charge in [0.15, 0.2) is 0 Å². The van der Waals surface area contributed by atoms with Crippen molar-refractivity contribution in [2.75, 3.05) is 37.0 Å². The number of pyridine rings is 1. The van der Waals surface area contributed by atoms with Crippen molar-refractivity contribution in [2.45, 2.75) is 33.2 Å². The van der Waals surface area contributed by atoms with E-state index in [0.29, 0.717) is 23.8 Å². The summed E-state index contributed by atoms with van der Waals surface area (Å²) >= 11 is 0. The van der Waals surface area contributed by atoms with Gasteiger partial charge in [0.1, 0.15) is 28.8 Å². The number of hydrogen-bond acceptors (Lipinski definition) is 7. The molecule has 33 heavy (non-hydrogen) atoms. The van der Waals surface area contributed by atoms with E-state index >= 15 is 0 Å². The first-order chi connectivity index (χ1) is 15.9. The molecular formula is C25H31N5O3. The average molecular weight is 450 g/mol. The molecule has 8 nitrogen and oxygen atoms in total. The van der Waals surface area contributed by atoms with Gasteiger partial charge in [0.25, 0.3) is 5.56 Å². The zero-order valence-corrected chi connectivity index (χ0v) is 19.9. The molecule has 0 aliphatic carbocycles. The summed E-state index contributed by atoms with van der Waals surface area (Å²) in [5.41, 5.74) is 3.08. The number of rotatable bonds is 7. The van der Waals surface area contributed by atoms with Crippen molar-refractivity contribution in [3.63, 3.8) is 0 Å². The number of aromatic nitrogens is 3. The highest BCUT2D eigenvalue weighted by Gasteiger charge is 2.26. The molecule has 0 amide bonds. The maximum absolute atomic E-state index is 13.3. The lowest BCUT2D eigenvalue weighted by atomic mass is 10.1. The summed E-state index contributed by atoms with van der Waals surface area (Å²) in [6.45, 7) is 8.07. The predicted octanol–water partition coefficient (Wildman–Crippen LogP) is 3.56. The SMILES string of the molecule is CCOc1ccnc(N2CCC(Nc3c(C)nc(-c4ccc(OC)cc4C)n(C)c3=O)C2)c1. The van der Waals surface area contributed by atoms with Crippen LogP contribution in [0.3, 0.4) is 0 Å². The molecule has 4 rings (SSSR count). The average Bonchev–Trinajstić information content (AvgIpc) is 3.28. The third kappa shape index (κ3) is 4.65. The van der Waals surface area contributed by atoms with Gasteiger partial charge in [-0.25, -0.2) is 9.97 Å². The van der Waals surface area contributed by atoms with Crippen molar-refractivity contribution in [2.24, 2.45) is 7.05 Å². The second-order valence-corrected chi connectivity index (χ2v) is 8.30. The van der Waals surface area contributed by atoms with Crippen LogP contribution >= 0.6 is 0 Å². The van der Waals surface area contributed by atoms with Crippen LogP contribution in [0.1, 0.15) is 24.6 Å². The molecule has 174 valence electrons. The summed E-state index contributed by atoms with van der Waals surface area (Å²) in [6, 6.07) is 9.74. The molecule has 1 aromatic carbocycles. The number of anilines is 2. The van der Waals surface area contributed by atoms with E-state index in [0.717, 1.165) is 48.0 Å². The predicted molar refractivity (Wildman–Crippen MR) is 131 cm³/mol. The van der Waals surface area contributed by atoms with Crippen LogP contribution < -0.4 is 25.2 Å².